The van der Waals surface area contributed by atoms with E-state index in [1.54, 1.807) is 37.3 Å². The lowest BCUT2D eigenvalue weighted by Crippen LogP contribution is -2.22. The average molecular weight is 316 g/mol. The van der Waals surface area contributed by atoms with E-state index in [0.717, 1.165) is 5.56 Å². The van der Waals surface area contributed by atoms with Crippen molar-refractivity contribution >= 4 is 26.0 Å². The van der Waals surface area contributed by atoms with Crippen molar-refractivity contribution in [3.05, 3.63) is 52.7 Å². The molecule has 0 saturated carbocycles. The highest BCUT2D eigenvalue weighted by molar-refractivity contribution is 9.12. The summed E-state index contributed by atoms with van der Waals surface area (Å²) >= 11 is 3.21. The van der Waals surface area contributed by atoms with Crippen molar-refractivity contribution in [2.24, 2.45) is 0 Å². The molecule has 1 aromatic rings. The summed E-state index contributed by atoms with van der Waals surface area (Å²) in [6.45, 7) is 7.34. The SMILES string of the molecule is C=C(NS(=O)(=O)c1ccc(C)cc1)/C(Br)=C\C. The van der Waals surface area contributed by atoms with Crippen LogP contribution >= 0.6 is 15.9 Å². The van der Waals surface area contributed by atoms with Gasteiger partial charge >= 0.3 is 0 Å². The Balaban J connectivity index is 2.97. The minimum absolute atomic E-state index is 0.223. The molecule has 17 heavy (non-hydrogen) atoms. The summed E-state index contributed by atoms with van der Waals surface area (Å²) in [5, 5.41) is 0. The van der Waals surface area contributed by atoms with Crippen molar-refractivity contribution < 1.29 is 8.42 Å². The average Bonchev–Trinajstić information content (AvgIpc) is 2.27. The predicted molar refractivity (Wildman–Crippen MR) is 73.3 cm³/mol. The van der Waals surface area contributed by atoms with Gasteiger partial charge in [0, 0.05) is 4.48 Å². The van der Waals surface area contributed by atoms with Crippen LogP contribution in [-0.4, -0.2) is 8.42 Å². The fourth-order valence-corrected chi connectivity index (χ4v) is 2.44. The zero-order valence-electron chi connectivity index (χ0n) is 9.70. The van der Waals surface area contributed by atoms with E-state index in [0.29, 0.717) is 10.2 Å². The van der Waals surface area contributed by atoms with Gasteiger partial charge < -0.3 is 0 Å². The lowest BCUT2D eigenvalue weighted by molar-refractivity contribution is 0.589. The minimum Gasteiger partial charge on any atom is -0.279 e. The Kier molecular flexibility index (Phi) is 4.54. The molecule has 0 saturated heterocycles. The molecule has 0 spiro atoms. The number of hydrogen-bond donors (Lipinski definition) is 1. The second kappa shape index (κ2) is 5.51. The van der Waals surface area contributed by atoms with E-state index in [1.165, 1.54) is 0 Å². The highest BCUT2D eigenvalue weighted by Crippen LogP contribution is 2.16. The molecule has 0 radical (unpaired) electrons. The standard InChI is InChI=1S/C12H14BrNO2S/c1-4-12(13)10(3)14-17(15,16)11-7-5-9(2)6-8-11/h4-8,14H,3H2,1-2H3/b12-4+. The van der Waals surface area contributed by atoms with Gasteiger partial charge in [-0.25, -0.2) is 8.42 Å². The molecule has 92 valence electrons. The Bertz CT molecular complexity index is 544. The Morgan fingerprint density at radius 2 is 1.88 bits per heavy atom. The van der Waals surface area contributed by atoms with Crippen LogP contribution in [0, 0.1) is 6.92 Å². The Morgan fingerprint density at radius 1 is 1.35 bits per heavy atom. The molecule has 0 aliphatic carbocycles. The zero-order chi connectivity index (χ0) is 13.1. The molecule has 0 aliphatic heterocycles. The van der Waals surface area contributed by atoms with Gasteiger partial charge in [-0.05, 0) is 41.9 Å². The molecule has 0 bridgehead atoms. The normalized spacial score (nSPS) is 12.3. The zero-order valence-corrected chi connectivity index (χ0v) is 12.1. The lowest BCUT2D eigenvalue weighted by atomic mass is 10.2. The van der Waals surface area contributed by atoms with Crippen molar-refractivity contribution in [1.82, 2.24) is 4.72 Å². The third-order valence-corrected chi connectivity index (χ3v) is 4.47. The highest BCUT2D eigenvalue weighted by atomic mass is 79.9. The number of aryl methyl sites for hydroxylation is 1. The summed E-state index contributed by atoms with van der Waals surface area (Å²) in [5.41, 5.74) is 1.32. The molecule has 0 heterocycles. The fraction of sp³-hybridized carbons (Fsp3) is 0.167. The Labute approximate surface area is 110 Å². The van der Waals surface area contributed by atoms with E-state index in [4.69, 9.17) is 0 Å². The second-order valence-electron chi connectivity index (χ2n) is 3.53. The van der Waals surface area contributed by atoms with Gasteiger partial charge in [0.25, 0.3) is 10.0 Å². The summed E-state index contributed by atoms with van der Waals surface area (Å²) < 4.78 is 26.9. The smallest absolute Gasteiger partial charge is 0.261 e. The van der Waals surface area contributed by atoms with Gasteiger partial charge in [0.05, 0.1) is 10.6 Å². The van der Waals surface area contributed by atoms with Crippen molar-refractivity contribution in [3.8, 4) is 0 Å². The maximum Gasteiger partial charge on any atom is 0.261 e. The van der Waals surface area contributed by atoms with E-state index in [9.17, 15) is 8.42 Å². The van der Waals surface area contributed by atoms with Crippen molar-refractivity contribution in [1.29, 1.82) is 0 Å². The van der Waals surface area contributed by atoms with Crippen molar-refractivity contribution in [3.63, 3.8) is 0 Å². The van der Waals surface area contributed by atoms with E-state index in [-0.39, 0.29) is 4.90 Å². The predicted octanol–water partition coefficient (Wildman–Crippen LogP) is 3.09. The number of hydrogen-bond acceptors (Lipinski definition) is 2. The summed E-state index contributed by atoms with van der Waals surface area (Å²) in [7, 11) is -3.55. The number of allylic oxidation sites excluding steroid dienone is 2. The third-order valence-electron chi connectivity index (χ3n) is 2.13. The van der Waals surface area contributed by atoms with Crippen LogP contribution in [0.5, 0.6) is 0 Å². The molecule has 0 aliphatic rings. The molecular formula is C12H14BrNO2S. The number of benzene rings is 1. The molecule has 0 unspecified atom stereocenters. The van der Waals surface area contributed by atoms with Gasteiger partial charge in [-0.15, -0.1) is 0 Å². The molecule has 1 aromatic carbocycles. The maximum atomic E-state index is 12.0. The molecule has 0 fully saturated rings. The molecule has 1 rings (SSSR count). The van der Waals surface area contributed by atoms with Crippen LogP contribution in [0.4, 0.5) is 0 Å². The van der Waals surface area contributed by atoms with E-state index in [2.05, 4.69) is 27.2 Å². The number of nitrogens with one attached hydrogen (secondary N) is 1. The van der Waals surface area contributed by atoms with Gasteiger partial charge in [-0.2, -0.15) is 0 Å². The van der Waals surface area contributed by atoms with Crippen LogP contribution in [-0.2, 0) is 10.0 Å². The monoisotopic (exact) mass is 315 g/mol. The molecule has 1 N–H and O–H groups in total. The Hall–Kier alpha value is -1.07. The number of sulfonamides is 1. The molecule has 3 nitrogen and oxygen atoms in total. The van der Waals surface area contributed by atoms with Gasteiger partial charge in [-0.3, -0.25) is 4.72 Å². The van der Waals surface area contributed by atoms with Gasteiger partial charge in [0.1, 0.15) is 0 Å². The highest BCUT2D eigenvalue weighted by Gasteiger charge is 2.14. The van der Waals surface area contributed by atoms with Crippen LogP contribution < -0.4 is 4.72 Å². The molecule has 0 aromatic heterocycles. The lowest BCUT2D eigenvalue weighted by Gasteiger charge is -2.10. The summed E-state index contributed by atoms with van der Waals surface area (Å²) in [5.74, 6) is 0. The number of halogens is 1. The third kappa shape index (κ3) is 3.71. The number of rotatable bonds is 4. The van der Waals surface area contributed by atoms with Gasteiger partial charge in [0.15, 0.2) is 0 Å². The van der Waals surface area contributed by atoms with Crippen LogP contribution in [0.15, 0.2) is 52.0 Å². The first-order valence-electron chi connectivity index (χ1n) is 4.97. The Morgan fingerprint density at radius 3 is 2.35 bits per heavy atom. The van der Waals surface area contributed by atoms with Gasteiger partial charge in [-0.1, -0.05) is 30.4 Å². The van der Waals surface area contributed by atoms with Crippen LogP contribution in [0.2, 0.25) is 0 Å². The quantitative estimate of drug-likeness (QED) is 0.868. The molecular weight excluding hydrogens is 302 g/mol. The van der Waals surface area contributed by atoms with E-state index >= 15 is 0 Å². The second-order valence-corrected chi connectivity index (χ2v) is 6.07. The van der Waals surface area contributed by atoms with Crippen LogP contribution in [0.1, 0.15) is 12.5 Å². The summed E-state index contributed by atoms with van der Waals surface area (Å²) in [4.78, 5) is 0.223. The maximum absolute atomic E-state index is 12.0. The van der Waals surface area contributed by atoms with Crippen molar-refractivity contribution in [2.45, 2.75) is 18.7 Å². The topological polar surface area (TPSA) is 46.2 Å². The first-order chi connectivity index (χ1) is 7.86. The van der Waals surface area contributed by atoms with Crippen molar-refractivity contribution in [2.75, 3.05) is 0 Å². The first kappa shape index (κ1) is 14.0. The molecule has 5 heteroatoms. The largest absolute Gasteiger partial charge is 0.279 e. The summed E-state index contributed by atoms with van der Waals surface area (Å²) in [6, 6.07) is 6.63. The first-order valence-corrected chi connectivity index (χ1v) is 7.25. The van der Waals surface area contributed by atoms with Crippen LogP contribution in [0.25, 0.3) is 0 Å². The molecule has 0 atom stereocenters. The summed E-state index contributed by atoms with van der Waals surface area (Å²) in [6.07, 6.45) is 1.72. The van der Waals surface area contributed by atoms with E-state index in [1.807, 2.05) is 6.92 Å². The molecule has 0 amide bonds. The minimum atomic E-state index is -3.55. The van der Waals surface area contributed by atoms with Crippen LogP contribution in [0.3, 0.4) is 0 Å². The van der Waals surface area contributed by atoms with Gasteiger partial charge in [0.2, 0.25) is 0 Å². The van der Waals surface area contributed by atoms with E-state index < -0.39 is 10.0 Å². The fourth-order valence-electron chi connectivity index (χ4n) is 1.16.